The van der Waals surface area contributed by atoms with Crippen LogP contribution in [0.25, 0.3) is 0 Å². The van der Waals surface area contributed by atoms with Crippen molar-refractivity contribution in [3.63, 3.8) is 0 Å². The van der Waals surface area contributed by atoms with E-state index in [0.717, 1.165) is 18.4 Å². The molecule has 2 rings (SSSR count). The highest BCUT2D eigenvalue weighted by atomic mass is 16.2. The van der Waals surface area contributed by atoms with Crippen molar-refractivity contribution in [2.24, 2.45) is 5.10 Å². The predicted octanol–water partition coefficient (Wildman–Crippen LogP) is 2.25. The lowest BCUT2D eigenvalue weighted by atomic mass is 10.0. The third-order valence-electron chi connectivity index (χ3n) is 3.55. The van der Waals surface area contributed by atoms with E-state index in [1.807, 2.05) is 30.3 Å². The molecule has 0 aromatic heterocycles. The predicted molar refractivity (Wildman–Crippen MR) is 81.7 cm³/mol. The summed E-state index contributed by atoms with van der Waals surface area (Å²) >= 11 is 0. The zero-order chi connectivity index (χ0) is 15.2. The van der Waals surface area contributed by atoms with E-state index >= 15 is 0 Å². The Kier molecular flexibility index (Phi) is 5.09. The molecule has 5 heteroatoms. The van der Waals surface area contributed by atoms with E-state index in [1.165, 1.54) is 5.01 Å². The van der Waals surface area contributed by atoms with Gasteiger partial charge in [0.1, 0.15) is 5.71 Å². The smallest absolute Gasteiger partial charge is 0.267 e. The van der Waals surface area contributed by atoms with Crippen LogP contribution >= 0.6 is 0 Å². The summed E-state index contributed by atoms with van der Waals surface area (Å²) in [4.78, 5) is 23.7. The Morgan fingerprint density at radius 2 is 2.05 bits per heavy atom. The van der Waals surface area contributed by atoms with Gasteiger partial charge in [0.05, 0.1) is 6.04 Å². The van der Waals surface area contributed by atoms with Crippen molar-refractivity contribution in [2.75, 3.05) is 7.05 Å². The van der Waals surface area contributed by atoms with Crippen LogP contribution in [0, 0.1) is 0 Å². The van der Waals surface area contributed by atoms with Crippen LogP contribution in [0.3, 0.4) is 0 Å². The zero-order valence-electron chi connectivity index (χ0n) is 12.5. The normalized spacial score (nSPS) is 16.4. The van der Waals surface area contributed by atoms with Gasteiger partial charge in [-0.05, 0) is 12.0 Å². The SMILES string of the molecule is CCCC(NC(=O)C1=NN(C)C(=O)CC1)c1ccccc1. The Labute approximate surface area is 125 Å². The summed E-state index contributed by atoms with van der Waals surface area (Å²) in [7, 11) is 1.58. The number of benzene rings is 1. The first-order chi connectivity index (χ1) is 10.1. The molecule has 0 fully saturated rings. The molecule has 1 heterocycles. The van der Waals surface area contributed by atoms with Crippen LogP contribution in [0.2, 0.25) is 0 Å². The number of amides is 2. The van der Waals surface area contributed by atoms with Crippen molar-refractivity contribution in [3.8, 4) is 0 Å². The Bertz CT molecular complexity index is 540. The third-order valence-corrected chi connectivity index (χ3v) is 3.55. The summed E-state index contributed by atoms with van der Waals surface area (Å²) in [5.74, 6) is -0.239. The maximum atomic E-state index is 12.3. The molecular weight excluding hydrogens is 266 g/mol. The quantitative estimate of drug-likeness (QED) is 0.903. The van der Waals surface area contributed by atoms with E-state index in [2.05, 4.69) is 17.3 Å². The van der Waals surface area contributed by atoms with Crippen LogP contribution in [0.1, 0.15) is 44.2 Å². The number of carbonyl (C=O) groups is 2. The van der Waals surface area contributed by atoms with E-state index in [1.54, 1.807) is 7.05 Å². The molecule has 1 unspecified atom stereocenters. The van der Waals surface area contributed by atoms with E-state index in [-0.39, 0.29) is 17.9 Å². The Hall–Kier alpha value is -2.17. The first-order valence-electron chi connectivity index (χ1n) is 7.31. The molecule has 2 amide bonds. The summed E-state index contributed by atoms with van der Waals surface area (Å²) in [5, 5.41) is 8.34. The van der Waals surface area contributed by atoms with Gasteiger partial charge in [-0.3, -0.25) is 9.59 Å². The number of nitrogens with one attached hydrogen (secondary N) is 1. The molecule has 1 aromatic carbocycles. The number of hydrogen-bond acceptors (Lipinski definition) is 3. The molecule has 5 nitrogen and oxygen atoms in total. The fourth-order valence-electron chi connectivity index (χ4n) is 2.37. The first kappa shape index (κ1) is 15.2. The highest BCUT2D eigenvalue weighted by Gasteiger charge is 2.23. The Balaban J connectivity index is 2.09. The number of hydrogen-bond donors (Lipinski definition) is 1. The molecule has 0 saturated carbocycles. The molecular formula is C16H21N3O2. The van der Waals surface area contributed by atoms with Crippen LogP contribution in [0.15, 0.2) is 35.4 Å². The van der Waals surface area contributed by atoms with Crippen LogP contribution in [-0.4, -0.2) is 29.6 Å². The van der Waals surface area contributed by atoms with Gasteiger partial charge in [0, 0.05) is 19.9 Å². The fourth-order valence-corrected chi connectivity index (χ4v) is 2.37. The second-order valence-electron chi connectivity index (χ2n) is 5.19. The van der Waals surface area contributed by atoms with Gasteiger partial charge in [-0.15, -0.1) is 0 Å². The van der Waals surface area contributed by atoms with Gasteiger partial charge in [-0.25, -0.2) is 5.01 Å². The lowest BCUT2D eigenvalue weighted by Crippen LogP contribution is -2.39. The minimum absolute atomic E-state index is 0.0191. The monoisotopic (exact) mass is 287 g/mol. The van der Waals surface area contributed by atoms with E-state index < -0.39 is 0 Å². The summed E-state index contributed by atoms with van der Waals surface area (Å²) in [6.07, 6.45) is 2.59. The van der Waals surface area contributed by atoms with Gasteiger partial charge in [-0.1, -0.05) is 43.7 Å². The molecule has 1 atom stereocenters. The maximum absolute atomic E-state index is 12.3. The number of carbonyl (C=O) groups excluding carboxylic acids is 2. The third kappa shape index (κ3) is 3.90. The van der Waals surface area contributed by atoms with Gasteiger partial charge >= 0.3 is 0 Å². The number of rotatable bonds is 5. The highest BCUT2D eigenvalue weighted by molar-refractivity contribution is 6.39. The first-order valence-corrected chi connectivity index (χ1v) is 7.31. The summed E-state index contributed by atoms with van der Waals surface area (Å²) in [5.41, 5.74) is 1.52. The highest BCUT2D eigenvalue weighted by Crippen LogP contribution is 2.18. The van der Waals surface area contributed by atoms with Crippen LogP contribution < -0.4 is 5.32 Å². The molecule has 0 saturated heterocycles. The van der Waals surface area contributed by atoms with Crippen molar-refractivity contribution < 1.29 is 9.59 Å². The van der Waals surface area contributed by atoms with Crippen molar-refractivity contribution in [1.29, 1.82) is 0 Å². The van der Waals surface area contributed by atoms with Crippen LogP contribution in [0.4, 0.5) is 0 Å². The number of hydrazone groups is 1. The Morgan fingerprint density at radius 3 is 2.67 bits per heavy atom. The van der Waals surface area contributed by atoms with Crippen LogP contribution in [0.5, 0.6) is 0 Å². The fraction of sp³-hybridized carbons (Fsp3) is 0.438. The summed E-state index contributed by atoms with van der Waals surface area (Å²) in [6.45, 7) is 2.09. The average Bonchev–Trinajstić information content (AvgIpc) is 2.50. The zero-order valence-corrected chi connectivity index (χ0v) is 12.5. The second kappa shape index (κ2) is 7.02. The van der Waals surface area contributed by atoms with Gasteiger partial charge in [0.15, 0.2) is 0 Å². The molecule has 1 aliphatic heterocycles. The molecule has 0 radical (unpaired) electrons. The van der Waals surface area contributed by atoms with Crippen LogP contribution in [-0.2, 0) is 9.59 Å². The van der Waals surface area contributed by atoms with Crippen molar-refractivity contribution in [1.82, 2.24) is 10.3 Å². The van der Waals surface area contributed by atoms with Gasteiger partial charge in [0.25, 0.3) is 5.91 Å². The standard InChI is InChI=1S/C16H21N3O2/c1-3-7-13(12-8-5-4-6-9-12)17-16(21)14-10-11-15(20)19(2)18-14/h4-6,8-9,13H,3,7,10-11H2,1-2H3,(H,17,21). The molecule has 1 aliphatic rings. The minimum atomic E-state index is -0.184. The molecule has 21 heavy (non-hydrogen) atoms. The van der Waals surface area contributed by atoms with E-state index in [9.17, 15) is 9.59 Å². The summed E-state index contributed by atoms with van der Waals surface area (Å²) < 4.78 is 0. The molecule has 1 aromatic rings. The lowest BCUT2D eigenvalue weighted by Gasteiger charge is -2.22. The van der Waals surface area contributed by atoms with Crippen molar-refractivity contribution in [2.45, 2.75) is 38.6 Å². The van der Waals surface area contributed by atoms with Gasteiger partial charge in [0.2, 0.25) is 5.91 Å². The molecule has 0 aliphatic carbocycles. The Morgan fingerprint density at radius 1 is 1.33 bits per heavy atom. The molecule has 0 spiro atoms. The van der Waals surface area contributed by atoms with Crippen molar-refractivity contribution >= 4 is 17.5 Å². The van der Waals surface area contributed by atoms with Gasteiger partial charge in [-0.2, -0.15) is 5.10 Å². The maximum Gasteiger partial charge on any atom is 0.267 e. The van der Waals surface area contributed by atoms with Crippen molar-refractivity contribution in [3.05, 3.63) is 35.9 Å². The molecule has 0 bridgehead atoms. The molecule has 1 N–H and O–H groups in total. The largest absolute Gasteiger partial charge is 0.344 e. The minimum Gasteiger partial charge on any atom is -0.344 e. The lowest BCUT2D eigenvalue weighted by molar-refractivity contribution is -0.130. The topological polar surface area (TPSA) is 61.8 Å². The van der Waals surface area contributed by atoms with E-state index in [4.69, 9.17) is 0 Å². The van der Waals surface area contributed by atoms with Gasteiger partial charge < -0.3 is 5.32 Å². The van der Waals surface area contributed by atoms with E-state index in [0.29, 0.717) is 18.6 Å². The number of nitrogens with zero attached hydrogens (tertiary/aromatic N) is 2. The molecule has 112 valence electrons. The average molecular weight is 287 g/mol. The second-order valence-corrected chi connectivity index (χ2v) is 5.19. The summed E-state index contributed by atoms with van der Waals surface area (Å²) in [6, 6.07) is 9.90.